The van der Waals surface area contributed by atoms with E-state index in [1.54, 1.807) is 19.3 Å². The molecule has 18 heavy (non-hydrogen) atoms. The average molecular weight is 248 g/mol. The lowest BCUT2D eigenvalue weighted by Gasteiger charge is -2.15. The second kappa shape index (κ2) is 5.27. The van der Waals surface area contributed by atoms with Gasteiger partial charge in [0.2, 0.25) is 0 Å². The molecule has 0 aliphatic heterocycles. The van der Waals surface area contributed by atoms with E-state index in [0.29, 0.717) is 0 Å². The third kappa shape index (κ3) is 2.73. The monoisotopic (exact) mass is 248 g/mol. The predicted octanol–water partition coefficient (Wildman–Crippen LogP) is 1.77. The van der Waals surface area contributed by atoms with Crippen LogP contribution in [0.25, 0.3) is 0 Å². The van der Waals surface area contributed by atoms with Gasteiger partial charge in [0, 0.05) is 7.05 Å². The van der Waals surface area contributed by atoms with Crippen molar-refractivity contribution in [2.45, 2.75) is 19.4 Å². The highest BCUT2D eigenvalue weighted by Crippen LogP contribution is 2.19. The lowest BCUT2D eigenvalue weighted by atomic mass is 9.99. The molecule has 0 spiro atoms. The van der Waals surface area contributed by atoms with Crippen molar-refractivity contribution in [3.63, 3.8) is 0 Å². The number of rotatable bonds is 4. The molecule has 2 aromatic rings. The molecule has 0 saturated heterocycles. The standard InChI is InChI=1S/C13H17FN4/c1-9-6-11(14)5-4-10(9)7-12(15-2)13-8-16-18(3)17-13/h4-6,8,12,15H,7H2,1-3H3. The summed E-state index contributed by atoms with van der Waals surface area (Å²) in [5.74, 6) is -0.197. The van der Waals surface area contributed by atoms with Gasteiger partial charge in [0.15, 0.2) is 0 Å². The number of nitrogens with zero attached hydrogens (tertiary/aromatic N) is 3. The van der Waals surface area contributed by atoms with E-state index in [1.165, 1.54) is 10.9 Å². The average Bonchev–Trinajstić information content (AvgIpc) is 2.75. The van der Waals surface area contributed by atoms with E-state index in [4.69, 9.17) is 0 Å². The van der Waals surface area contributed by atoms with Crippen LogP contribution in [0.15, 0.2) is 24.4 Å². The second-order valence-corrected chi connectivity index (χ2v) is 4.38. The third-order valence-electron chi connectivity index (χ3n) is 3.05. The topological polar surface area (TPSA) is 42.7 Å². The normalized spacial score (nSPS) is 12.7. The van der Waals surface area contributed by atoms with Crippen LogP contribution in [0, 0.1) is 12.7 Å². The fourth-order valence-corrected chi connectivity index (χ4v) is 1.98. The predicted molar refractivity (Wildman–Crippen MR) is 67.6 cm³/mol. The number of hydrogen-bond donors (Lipinski definition) is 1. The van der Waals surface area contributed by atoms with E-state index in [0.717, 1.165) is 23.2 Å². The van der Waals surface area contributed by atoms with Crippen molar-refractivity contribution >= 4 is 0 Å². The van der Waals surface area contributed by atoms with Crippen LogP contribution >= 0.6 is 0 Å². The summed E-state index contributed by atoms with van der Waals surface area (Å²) >= 11 is 0. The van der Waals surface area contributed by atoms with Crippen molar-refractivity contribution < 1.29 is 4.39 Å². The number of aromatic nitrogens is 3. The summed E-state index contributed by atoms with van der Waals surface area (Å²) in [6, 6.07) is 4.96. The SMILES string of the molecule is CNC(Cc1ccc(F)cc1C)c1cnn(C)n1. The number of benzene rings is 1. The first kappa shape index (κ1) is 12.7. The van der Waals surface area contributed by atoms with Crippen molar-refractivity contribution in [2.24, 2.45) is 7.05 Å². The van der Waals surface area contributed by atoms with Gasteiger partial charge in [0.25, 0.3) is 0 Å². The number of hydrogen-bond acceptors (Lipinski definition) is 3. The molecule has 1 aromatic heterocycles. The molecule has 4 nitrogen and oxygen atoms in total. The summed E-state index contributed by atoms with van der Waals surface area (Å²) < 4.78 is 13.1. The Morgan fingerprint density at radius 3 is 2.78 bits per heavy atom. The van der Waals surface area contributed by atoms with Gasteiger partial charge in [0.1, 0.15) is 5.82 Å². The summed E-state index contributed by atoms with van der Waals surface area (Å²) in [7, 11) is 3.68. The molecule has 1 atom stereocenters. The number of likely N-dealkylation sites (N-methyl/N-ethyl adjacent to an activating group) is 1. The molecular formula is C13H17FN4. The Morgan fingerprint density at radius 2 is 2.22 bits per heavy atom. The summed E-state index contributed by atoms with van der Waals surface area (Å²) in [5, 5.41) is 11.6. The maximum Gasteiger partial charge on any atom is 0.123 e. The first-order valence-corrected chi connectivity index (χ1v) is 5.88. The highest BCUT2D eigenvalue weighted by Gasteiger charge is 2.14. The molecule has 0 amide bonds. The molecule has 5 heteroatoms. The number of nitrogens with one attached hydrogen (secondary N) is 1. The highest BCUT2D eigenvalue weighted by molar-refractivity contribution is 5.28. The Hall–Kier alpha value is -1.75. The zero-order valence-corrected chi connectivity index (χ0v) is 10.8. The largest absolute Gasteiger partial charge is 0.311 e. The Bertz CT molecular complexity index is 536. The summed E-state index contributed by atoms with van der Waals surface area (Å²) in [4.78, 5) is 1.54. The number of aryl methyl sites for hydroxylation is 2. The molecule has 0 bridgehead atoms. The fourth-order valence-electron chi connectivity index (χ4n) is 1.98. The van der Waals surface area contributed by atoms with Crippen LogP contribution in [0.2, 0.25) is 0 Å². The maximum atomic E-state index is 13.1. The van der Waals surface area contributed by atoms with Crippen LogP contribution in [-0.4, -0.2) is 22.0 Å². The van der Waals surface area contributed by atoms with E-state index in [9.17, 15) is 4.39 Å². The Kier molecular flexibility index (Phi) is 3.72. The second-order valence-electron chi connectivity index (χ2n) is 4.38. The smallest absolute Gasteiger partial charge is 0.123 e. The lowest BCUT2D eigenvalue weighted by molar-refractivity contribution is 0.554. The lowest BCUT2D eigenvalue weighted by Crippen LogP contribution is -2.20. The van der Waals surface area contributed by atoms with Gasteiger partial charge in [-0.3, -0.25) is 0 Å². The first-order chi connectivity index (χ1) is 8.60. The van der Waals surface area contributed by atoms with Crippen LogP contribution in [0.1, 0.15) is 22.9 Å². The minimum Gasteiger partial charge on any atom is -0.311 e. The molecule has 1 aromatic carbocycles. The molecule has 0 aliphatic carbocycles. The molecule has 1 heterocycles. The van der Waals surface area contributed by atoms with Gasteiger partial charge in [-0.15, -0.1) is 0 Å². The van der Waals surface area contributed by atoms with Crippen LogP contribution in [0.3, 0.4) is 0 Å². The first-order valence-electron chi connectivity index (χ1n) is 5.88. The van der Waals surface area contributed by atoms with E-state index in [1.807, 2.05) is 20.0 Å². The highest BCUT2D eigenvalue weighted by atomic mass is 19.1. The van der Waals surface area contributed by atoms with Crippen molar-refractivity contribution in [2.75, 3.05) is 7.05 Å². The van der Waals surface area contributed by atoms with E-state index in [-0.39, 0.29) is 11.9 Å². The van der Waals surface area contributed by atoms with E-state index in [2.05, 4.69) is 15.5 Å². The minimum absolute atomic E-state index is 0.0860. The summed E-state index contributed by atoms with van der Waals surface area (Å²) in [5.41, 5.74) is 2.96. The van der Waals surface area contributed by atoms with Gasteiger partial charge in [-0.1, -0.05) is 6.07 Å². The zero-order chi connectivity index (χ0) is 13.1. The Labute approximate surface area is 106 Å². The fraction of sp³-hybridized carbons (Fsp3) is 0.385. The van der Waals surface area contributed by atoms with Crippen molar-refractivity contribution in [1.29, 1.82) is 0 Å². The molecule has 0 radical (unpaired) electrons. The van der Waals surface area contributed by atoms with Crippen LogP contribution in [-0.2, 0) is 13.5 Å². The van der Waals surface area contributed by atoms with Crippen molar-refractivity contribution in [1.82, 2.24) is 20.3 Å². The van der Waals surface area contributed by atoms with Crippen LogP contribution in [0.5, 0.6) is 0 Å². The van der Waals surface area contributed by atoms with Gasteiger partial charge in [0.05, 0.1) is 17.9 Å². The summed E-state index contributed by atoms with van der Waals surface area (Å²) in [6.07, 6.45) is 2.52. The van der Waals surface area contributed by atoms with Gasteiger partial charge in [-0.05, 0) is 43.7 Å². The molecule has 0 fully saturated rings. The quantitative estimate of drug-likeness (QED) is 0.896. The Morgan fingerprint density at radius 1 is 1.44 bits per heavy atom. The van der Waals surface area contributed by atoms with Crippen LogP contribution < -0.4 is 5.32 Å². The minimum atomic E-state index is -0.197. The van der Waals surface area contributed by atoms with Gasteiger partial charge < -0.3 is 5.32 Å². The van der Waals surface area contributed by atoms with E-state index >= 15 is 0 Å². The molecule has 1 unspecified atom stereocenters. The summed E-state index contributed by atoms with van der Waals surface area (Å²) in [6.45, 7) is 1.92. The maximum absolute atomic E-state index is 13.1. The molecular weight excluding hydrogens is 231 g/mol. The van der Waals surface area contributed by atoms with Crippen molar-refractivity contribution in [3.05, 3.63) is 47.0 Å². The molecule has 2 rings (SSSR count). The van der Waals surface area contributed by atoms with Gasteiger partial charge in [-0.2, -0.15) is 15.0 Å². The number of halogens is 1. The molecule has 96 valence electrons. The van der Waals surface area contributed by atoms with Gasteiger partial charge >= 0.3 is 0 Å². The van der Waals surface area contributed by atoms with E-state index < -0.39 is 0 Å². The third-order valence-corrected chi connectivity index (χ3v) is 3.05. The molecule has 0 saturated carbocycles. The molecule has 1 N–H and O–H groups in total. The molecule has 0 aliphatic rings. The zero-order valence-electron chi connectivity index (χ0n) is 10.8. The van der Waals surface area contributed by atoms with Gasteiger partial charge in [-0.25, -0.2) is 4.39 Å². The Balaban J connectivity index is 2.20. The van der Waals surface area contributed by atoms with Crippen LogP contribution in [0.4, 0.5) is 4.39 Å². The van der Waals surface area contributed by atoms with Crippen molar-refractivity contribution in [3.8, 4) is 0 Å².